The first kappa shape index (κ1) is 10.4. The van der Waals surface area contributed by atoms with E-state index in [-0.39, 0.29) is 10.8 Å². The molecule has 4 nitrogen and oxygen atoms in total. The van der Waals surface area contributed by atoms with Gasteiger partial charge in [0.2, 0.25) is 0 Å². The maximum atomic E-state index is 10.5. The molecule has 1 aromatic heterocycles. The van der Waals surface area contributed by atoms with E-state index in [1.807, 2.05) is 11.9 Å². The van der Waals surface area contributed by atoms with Gasteiger partial charge in [-0.05, 0) is 18.8 Å². The number of hydrogen-bond acceptors (Lipinski definition) is 4. The fourth-order valence-electron chi connectivity index (χ4n) is 1.41. The van der Waals surface area contributed by atoms with Crippen molar-refractivity contribution < 1.29 is 4.79 Å². The van der Waals surface area contributed by atoms with Crippen LogP contribution in [0, 0.1) is 5.92 Å². The van der Waals surface area contributed by atoms with Gasteiger partial charge in [0.05, 0.1) is 6.20 Å². The molecular weight excluding hydrogens is 214 g/mol. The van der Waals surface area contributed by atoms with Gasteiger partial charge in [0.15, 0.2) is 11.4 Å². The number of aldehydes is 1. The maximum Gasteiger partial charge on any atom is 0.171 e. The van der Waals surface area contributed by atoms with E-state index < -0.39 is 0 Å². The van der Waals surface area contributed by atoms with Gasteiger partial charge in [0.25, 0.3) is 0 Å². The minimum atomic E-state index is 0.171. The number of carbonyl (C=O) groups excluding carboxylic acids is 1. The average Bonchev–Trinajstić information content (AvgIpc) is 3.01. The Labute approximate surface area is 93.3 Å². The molecule has 0 atom stereocenters. The largest absolute Gasteiger partial charge is 0.358 e. The lowest BCUT2D eigenvalue weighted by atomic mass is 10.4. The topological polar surface area (TPSA) is 46.1 Å². The van der Waals surface area contributed by atoms with E-state index in [4.69, 9.17) is 11.6 Å². The van der Waals surface area contributed by atoms with Crippen LogP contribution in [0.1, 0.15) is 23.3 Å². The standard InChI is InChI=1S/C10H12ClN3O/c1-14(5-7-2-3-7)9-4-12-8(6-15)10(11)13-9/h4,6-7H,2-3,5H2,1H3. The van der Waals surface area contributed by atoms with Crippen LogP contribution in [0.25, 0.3) is 0 Å². The van der Waals surface area contributed by atoms with Crippen LogP contribution in [0.2, 0.25) is 5.15 Å². The molecule has 0 saturated heterocycles. The SMILES string of the molecule is CN(CC1CC1)c1cnc(C=O)c(Cl)n1. The molecule has 2 rings (SSSR count). The van der Waals surface area contributed by atoms with Crippen LogP contribution in [0.15, 0.2) is 6.20 Å². The number of halogens is 1. The van der Waals surface area contributed by atoms with Gasteiger partial charge in [0.1, 0.15) is 11.5 Å². The molecule has 1 aromatic rings. The molecule has 0 unspecified atom stereocenters. The van der Waals surface area contributed by atoms with Crippen LogP contribution < -0.4 is 4.90 Å². The lowest BCUT2D eigenvalue weighted by Crippen LogP contribution is -2.21. The molecule has 1 fully saturated rings. The smallest absolute Gasteiger partial charge is 0.171 e. The van der Waals surface area contributed by atoms with Crippen LogP contribution in [-0.4, -0.2) is 29.8 Å². The third-order valence-electron chi connectivity index (χ3n) is 2.47. The molecule has 1 aliphatic carbocycles. The van der Waals surface area contributed by atoms with Gasteiger partial charge >= 0.3 is 0 Å². The normalized spacial score (nSPS) is 15.1. The first-order chi connectivity index (χ1) is 7.20. The Balaban J connectivity index is 2.13. The van der Waals surface area contributed by atoms with Crippen molar-refractivity contribution in [3.8, 4) is 0 Å². The van der Waals surface area contributed by atoms with Gasteiger partial charge in [-0.25, -0.2) is 9.97 Å². The van der Waals surface area contributed by atoms with Crippen molar-refractivity contribution in [2.24, 2.45) is 5.92 Å². The lowest BCUT2D eigenvalue weighted by molar-refractivity contribution is 0.111. The minimum absolute atomic E-state index is 0.171. The molecule has 0 aromatic carbocycles. The zero-order valence-electron chi connectivity index (χ0n) is 8.48. The Morgan fingerprint density at radius 2 is 2.40 bits per heavy atom. The fraction of sp³-hybridized carbons (Fsp3) is 0.500. The summed E-state index contributed by atoms with van der Waals surface area (Å²) in [6.45, 7) is 0.978. The Bertz CT molecular complexity index is 379. The van der Waals surface area contributed by atoms with E-state index in [1.165, 1.54) is 12.8 Å². The monoisotopic (exact) mass is 225 g/mol. The quantitative estimate of drug-likeness (QED) is 0.733. The van der Waals surface area contributed by atoms with E-state index in [2.05, 4.69) is 9.97 Å². The second kappa shape index (κ2) is 4.14. The van der Waals surface area contributed by atoms with Gasteiger partial charge in [-0.3, -0.25) is 4.79 Å². The molecule has 1 aliphatic rings. The van der Waals surface area contributed by atoms with E-state index in [9.17, 15) is 4.79 Å². The zero-order chi connectivity index (χ0) is 10.8. The van der Waals surface area contributed by atoms with Gasteiger partial charge < -0.3 is 4.90 Å². The van der Waals surface area contributed by atoms with Crippen molar-refractivity contribution >= 4 is 23.7 Å². The van der Waals surface area contributed by atoms with E-state index in [0.717, 1.165) is 18.3 Å². The number of aromatic nitrogens is 2. The summed E-state index contributed by atoms with van der Waals surface area (Å²) < 4.78 is 0. The van der Waals surface area contributed by atoms with Crippen molar-refractivity contribution in [1.29, 1.82) is 0 Å². The highest BCUT2D eigenvalue weighted by Crippen LogP contribution is 2.30. The molecule has 0 aliphatic heterocycles. The zero-order valence-corrected chi connectivity index (χ0v) is 9.24. The number of carbonyl (C=O) groups is 1. The average molecular weight is 226 g/mol. The van der Waals surface area contributed by atoms with E-state index in [1.54, 1.807) is 6.20 Å². The van der Waals surface area contributed by atoms with Gasteiger partial charge in [0, 0.05) is 13.6 Å². The summed E-state index contributed by atoms with van der Waals surface area (Å²) >= 11 is 5.79. The molecule has 5 heteroatoms. The highest BCUT2D eigenvalue weighted by molar-refractivity contribution is 6.31. The van der Waals surface area contributed by atoms with Gasteiger partial charge in [-0.15, -0.1) is 0 Å². The summed E-state index contributed by atoms with van der Waals surface area (Å²) in [7, 11) is 1.96. The number of hydrogen-bond donors (Lipinski definition) is 0. The molecule has 1 heterocycles. The minimum Gasteiger partial charge on any atom is -0.358 e. The molecule has 0 N–H and O–H groups in total. The Morgan fingerprint density at radius 3 is 2.93 bits per heavy atom. The van der Waals surface area contributed by atoms with Crippen LogP contribution in [0.3, 0.4) is 0 Å². The van der Waals surface area contributed by atoms with Crippen molar-refractivity contribution in [1.82, 2.24) is 9.97 Å². The second-order valence-corrected chi connectivity index (χ2v) is 4.20. The molecule has 0 bridgehead atoms. The molecule has 0 amide bonds. The number of rotatable bonds is 4. The number of nitrogens with zero attached hydrogens (tertiary/aromatic N) is 3. The molecule has 80 valence electrons. The highest BCUT2D eigenvalue weighted by atomic mass is 35.5. The molecule has 0 spiro atoms. The maximum absolute atomic E-state index is 10.5. The highest BCUT2D eigenvalue weighted by Gasteiger charge is 2.23. The number of anilines is 1. The summed E-state index contributed by atoms with van der Waals surface area (Å²) in [6.07, 6.45) is 4.77. The third-order valence-corrected chi connectivity index (χ3v) is 2.75. The third kappa shape index (κ3) is 2.45. The van der Waals surface area contributed by atoms with Crippen LogP contribution in [0.5, 0.6) is 0 Å². The summed E-state index contributed by atoms with van der Waals surface area (Å²) in [6, 6.07) is 0. The second-order valence-electron chi connectivity index (χ2n) is 3.85. The molecule has 15 heavy (non-hydrogen) atoms. The molecule has 0 radical (unpaired) electrons. The van der Waals surface area contributed by atoms with Crippen LogP contribution in [-0.2, 0) is 0 Å². The predicted octanol–water partition coefficient (Wildman–Crippen LogP) is 1.79. The first-order valence-electron chi connectivity index (χ1n) is 4.89. The Hall–Kier alpha value is -1.16. The summed E-state index contributed by atoms with van der Waals surface area (Å²) in [5.74, 6) is 1.50. The first-order valence-corrected chi connectivity index (χ1v) is 5.27. The van der Waals surface area contributed by atoms with Crippen molar-refractivity contribution in [2.75, 3.05) is 18.5 Å². The Kier molecular flexibility index (Phi) is 2.86. The predicted molar refractivity (Wildman–Crippen MR) is 58.4 cm³/mol. The molecule has 1 saturated carbocycles. The van der Waals surface area contributed by atoms with Gasteiger partial charge in [-0.1, -0.05) is 11.6 Å². The molecular formula is C10H12ClN3O. The fourth-order valence-corrected chi connectivity index (χ4v) is 1.59. The summed E-state index contributed by atoms with van der Waals surface area (Å²) in [5, 5.41) is 0.171. The van der Waals surface area contributed by atoms with Crippen molar-refractivity contribution in [3.05, 3.63) is 17.0 Å². The van der Waals surface area contributed by atoms with Crippen molar-refractivity contribution in [3.63, 3.8) is 0 Å². The lowest BCUT2D eigenvalue weighted by Gasteiger charge is -2.17. The van der Waals surface area contributed by atoms with E-state index in [0.29, 0.717) is 6.29 Å². The van der Waals surface area contributed by atoms with Crippen LogP contribution >= 0.6 is 11.6 Å². The van der Waals surface area contributed by atoms with Gasteiger partial charge in [-0.2, -0.15) is 0 Å². The summed E-state index contributed by atoms with van der Waals surface area (Å²) in [5.41, 5.74) is 0.195. The summed E-state index contributed by atoms with van der Waals surface area (Å²) in [4.78, 5) is 20.6. The van der Waals surface area contributed by atoms with E-state index >= 15 is 0 Å². The van der Waals surface area contributed by atoms with Crippen molar-refractivity contribution in [2.45, 2.75) is 12.8 Å². The Morgan fingerprint density at radius 1 is 1.67 bits per heavy atom. The van der Waals surface area contributed by atoms with Crippen LogP contribution in [0.4, 0.5) is 5.82 Å².